The molecule has 0 fully saturated rings. The van der Waals surface area contributed by atoms with E-state index in [0.29, 0.717) is 19.5 Å². The zero-order valence-electron chi connectivity index (χ0n) is 20.6. The average molecular weight is 495 g/mol. The van der Waals surface area contributed by atoms with Gasteiger partial charge < -0.3 is 24.5 Å². The number of benzene rings is 2. The number of rotatable bonds is 5. The number of amides is 2. The fourth-order valence-corrected chi connectivity index (χ4v) is 5.14. The molecular weight excluding hydrogens is 468 g/mol. The molecule has 2 N–H and O–H groups in total. The van der Waals surface area contributed by atoms with Crippen molar-refractivity contribution in [2.45, 2.75) is 25.6 Å². The number of nitrogens with zero attached hydrogens (tertiary/aromatic N) is 4. The molecule has 0 saturated carbocycles. The second-order valence-corrected chi connectivity index (χ2v) is 9.26. The van der Waals surface area contributed by atoms with Crippen LogP contribution in [0.25, 0.3) is 21.9 Å². The molecular formula is C28H26N6O3. The van der Waals surface area contributed by atoms with Crippen LogP contribution in [0.5, 0.6) is 0 Å². The second kappa shape index (κ2) is 9.09. The fraction of sp³-hybridized carbons (Fsp3) is 0.214. The maximum Gasteiger partial charge on any atom is 0.290 e. The van der Waals surface area contributed by atoms with Gasteiger partial charge in [0, 0.05) is 67.3 Å². The number of anilines is 1. The Balaban J connectivity index is 1.29. The highest BCUT2D eigenvalue weighted by Gasteiger charge is 2.38. The Labute approximate surface area is 213 Å². The molecule has 4 heterocycles. The van der Waals surface area contributed by atoms with Gasteiger partial charge in [0.15, 0.2) is 5.76 Å². The van der Waals surface area contributed by atoms with Crippen LogP contribution in [0.15, 0.2) is 71.6 Å². The minimum Gasteiger partial charge on any atom is -0.459 e. The van der Waals surface area contributed by atoms with Crippen LogP contribution in [0.4, 0.5) is 5.69 Å². The predicted molar refractivity (Wildman–Crippen MR) is 140 cm³/mol. The van der Waals surface area contributed by atoms with E-state index < -0.39 is 6.04 Å². The lowest BCUT2D eigenvalue weighted by molar-refractivity contribution is -0.125. The van der Waals surface area contributed by atoms with Crippen LogP contribution in [-0.2, 0) is 24.3 Å². The molecule has 0 saturated heterocycles. The standard InChI is InChI=1S/C28H26N6O3/c1-29-27(35)25-14-20-19-5-3-4-6-21(19)32-24(20)16-34(25)28(36)26-17(9-12-37-26)15-33(2)18-7-8-22-23(13-18)31-11-10-30-22/h3-13,25,32H,14-16H2,1-2H3,(H,29,35)/t25-/m1/s1. The van der Waals surface area contributed by atoms with E-state index in [9.17, 15) is 9.59 Å². The third-order valence-electron chi connectivity index (χ3n) is 7.06. The van der Waals surface area contributed by atoms with Crippen LogP contribution in [0.1, 0.15) is 27.4 Å². The number of hydrogen-bond acceptors (Lipinski definition) is 6. The summed E-state index contributed by atoms with van der Waals surface area (Å²) in [7, 11) is 3.54. The lowest BCUT2D eigenvalue weighted by atomic mass is 9.95. The van der Waals surface area contributed by atoms with Crippen LogP contribution >= 0.6 is 0 Å². The topological polar surface area (TPSA) is 107 Å². The van der Waals surface area contributed by atoms with Crippen LogP contribution in [0, 0.1) is 0 Å². The van der Waals surface area contributed by atoms with Crippen molar-refractivity contribution in [1.82, 2.24) is 25.2 Å². The number of hydrogen-bond donors (Lipinski definition) is 2. The van der Waals surface area contributed by atoms with Crippen molar-refractivity contribution in [1.29, 1.82) is 0 Å². The SMILES string of the molecule is CNC(=O)[C@H]1Cc2c([nH]c3ccccc23)CN1C(=O)c1occc1CN(C)c1ccc2nccnc2c1. The maximum atomic E-state index is 13.8. The van der Waals surface area contributed by atoms with Crippen molar-refractivity contribution in [2.24, 2.45) is 0 Å². The van der Waals surface area contributed by atoms with Gasteiger partial charge in [0.1, 0.15) is 6.04 Å². The summed E-state index contributed by atoms with van der Waals surface area (Å²) in [6.45, 7) is 0.736. The van der Waals surface area contributed by atoms with E-state index in [4.69, 9.17) is 4.42 Å². The number of carbonyl (C=O) groups is 2. The average Bonchev–Trinajstić information content (AvgIpc) is 3.55. The highest BCUT2D eigenvalue weighted by Crippen LogP contribution is 2.32. The van der Waals surface area contributed by atoms with Crippen LogP contribution in [0.3, 0.4) is 0 Å². The minimum atomic E-state index is -0.640. The van der Waals surface area contributed by atoms with E-state index in [1.54, 1.807) is 30.4 Å². The normalized spacial score (nSPS) is 15.1. The molecule has 37 heavy (non-hydrogen) atoms. The molecule has 6 rings (SSSR count). The number of likely N-dealkylation sites (N-methyl/N-ethyl adjacent to an activating group) is 1. The van der Waals surface area contributed by atoms with Crippen molar-refractivity contribution in [3.05, 3.63) is 89.8 Å². The van der Waals surface area contributed by atoms with Gasteiger partial charge in [-0.05, 0) is 35.9 Å². The van der Waals surface area contributed by atoms with Gasteiger partial charge in [-0.2, -0.15) is 0 Å². The van der Waals surface area contributed by atoms with Crippen molar-refractivity contribution in [3.63, 3.8) is 0 Å². The summed E-state index contributed by atoms with van der Waals surface area (Å²) in [5.41, 5.74) is 6.32. The number of nitrogens with one attached hydrogen (secondary N) is 2. The van der Waals surface area contributed by atoms with E-state index in [0.717, 1.165) is 44.4 Å². The van der Waals surface area contributed by atoms with Crippen LogP contribution < -0.4 is 10.2 Å². The van der Waals surface area contributed by atoms with Gasteiger partial charge in [0.2, 0.25) is 5.91 Å². The summed E-state index contributed by atoms with van der Waals surface area (Å²) < 4.78 is 5.71. The summed E-state index contributed by atoms with van der Waals surface area (Å²) in [5, 5.41) is 3.81. The van der Waals surface area contributed by atoms with Gasteiger partial charge in [-0.1, -0.05) is 18.2 Å². The molecule has 1 atom stereocenters. The number of fused-ring (bicyclic) bond motifs is 4. The molecule has 186 valence electrons. The lowest BCUT2D eigenvalue weighted by Gasteiger charge is -2.34. The lowest BCUT2D eigenvalue weighted by Crippen LogP contribution is -2.52. The molecule has 3 aromatic heterocycles. The number of carbonyl (C=O) groups excluding carboxylic acids is 2. The number of aromatic amines is 1. The largest absolute Gasteiger partial charge is 0.459 e. The Morgan fingerprint density at radius 2 is 1.95 bits per heavy atom. The first kappa shape index (κ1) is 22.8. The molecule has 2 amide bonds. The van der Waals surface area contributed by atoms with Crippen LogP contribution in [-0.4, -0.2) is 51.8 Å². The van der Waals surface area contributed by atoms with Gasteiger partial charge in [-0.15, -0.1) is 0 Å². The first-order valence-electron chi connectivity index (χ1n) is 12.1. The van der Waals surface area contributed by atoms with Crippen molar-refractivity contribution < 1.29 is 14.0 Å². The molecule has 1 aliphatic rings. The Morgan fingerprint density at radius 3 is 2.78 bits per heavy atom. The molecule has 5 aromatic rings. The molecule has 1 aliphatic heterocycles. The van der Waals surface area contributed by atoms with Gasteiger partial charge in [0.25, 0.3) is 5.91 Å². The second-order valence-electron chi connectivity index (χ2n) is 9.26. The molecule has 0 radical (unpaired) electrons. The zero-order chi connectivity index (χ0) is 25.5. The van der Waals surface area contributed by atoms with E-state index in [2.05, 4.69) is 20.3 Å². The van der Waals surface area contributed by atoms with E-state index >= 15 is 0 Å². The quantitative estimate of drug-likeness (QED) is 0.386. The number of aromatic nitrogens is 3. The summed E-state index contributed by atoms with van der Waals surface area (Å²) in [6, 6.07) is 15.0. The van der Waals surface area contributed by atoms with Gasteiger partial charge in [-0.3, -0.25) is 19.6 Å². The Bertz CT molecular complexity index is 1640. The maximum absolute atomic E-state index is 13.8. The first-order chi connectivity index (χ1) is 18.0. The van der Waals surface area contributed by atoms with E-state index in [1.807, 2.05) is 54.4 Å². The molecule has 2 aromatic carbocycles. The molecule has 0 bridgehead atoms. The monoisotopic (exact) mass is 494 g/mol. The Hall–Kier alpha value is -4.66. The summed E-state index contributed by atoms with van der Waals surface area (Å²) in [4.78, 5) is 42.5. The van der Waals surface area contributed by atoms with E-state index in [-0.39, 0.29) is 17.6 Å². The highest BCUT2D eigenvalue weighted by atomic mass is 16.3. The van der Waals surface area contributed by atoms with Crippen LogP contribution in [0.2, 0.25) is 0 Å². The molecule has 9 heteroatoms. The molecule has 0 spiro atoms. The first-order valence-corrected chi connectivity index (χ1v) is 12.1. The molecule has 0 aliphatic carbocycles. The Morgan fingerprint density at radius 1 is 1.14 bits per heavy atom. The van der Waals surface area contributed by atoms with Gasteiger partial charge in [-0.25, -0.2) is 0 Å². The van der Waals surface area contributed by atoms with Crippen molar-refractivity contribution in [2.75, 3.05) is 19.0 Å². The minimum absolute atomic E-state index is 0.202. The summed E-state index contributed by atoms with van der Waals surface area (Å²) >= 11 is 0. The number of H-pyrrole nitrogens is 1. The smallest absolute Gasteiger partial charge is 0.290 e. The Kier molecular flexibility index (Phi) is 5.60. The number of furan rings is 1. The van der Waals surface area contributed by atoms with E-state index in [1.165, 1.54) is 6.26 Å². The van der Waals surface area contributed by atoms with Crippen molar-refractivity contribution >= 4 is 39.4 Å². The summed E-state index contributed by atoms with van der Waals surface area (Å²) in [6.07, 6.45) is 5.29. The predicted octanol–water partition coefficient (Wildman–Crippen LogP) is 3.65. The van der Waals surface area contributed by atoms with Gasteiger partial charge >= 0.3 is 0 Å². The molecule has 0 unspecified atom stereocenters. The highest BCUT2D eigenvalue weighted by molar-refractivity contribution is 5.98. The molecule has 9 nitrogen and oxygen atoms in total. The third-order valence-corrected chi connectivity index (χ3v) is 7.06. The third kappa shape index (κ3) is 3.98. The summed E-state index contributed by atoms with van der Waals surface area (Å²) in [5.74, 6) is -0.275. The number of para-hydroxylation sites is 1. The zero-order valence-corrected chi connectivity index (χ0v) is 20.6. The van der Waals surface area contributed by atoms with Gasteiger partial charge in [0.05, 0.1) is 23.8 Å². The van der Waals surface area contributed by atoms with Crippen molar-refractivity contribution in [3.8, 4) is 0 Å². The fourth-order valence-electron chi connectivity index (χ4n) is 5.14.